The first kappa shape index (κ1) is 15.6. The van der Waals surface area contributed by atoms with Crippen molar-refractivity contribution in [1.82, 2.24) is 9.13 Å². The second-order valence-corrected chi connectivity index (χ2v) is 6.83. The molecule has 0 unspecified atom stereocenters. The Labute approximate surface area is 148 Å². The number of hydrogen-bond donors (Lipinski definition) is 0. The lowest BCUT2D eigenvalue weighted by Gasteiger charge is -2.13. The molecule has 0 saturated heterocycles. The number of rotatable bonds is 3. The molecule has 4 aromatic rings. The van der Waals surface area contributed by atoms with Crippen molar-refractivity contribution in [3.63, 3.8) is 0 Å². The first-order chi connectivity index (χ1) is 12.2. The Hall–Kier alpha value is -2.92. The van der Waals surface area contributed by atoms with Gasteiger partial charge in [-0.3, -0.25) is 9.36 Å². The first-order valence-electron chi connectivity index (χ1n) is 8.00. The van der Waals surface area contributed by atoms with Crippen molar-refractivity contribution in [3.8, 4) is 5.69 Å². The van der Waals surface area contributed by atoms with E-state index in [1.54, 1.807) is 4.57 Å². The van der Waals surface area contributed by atoms with Gasteiger partial charge in [-0.05, 0) is 35.6 Å². The maximum atomic E-state index is 13.2. The standard InChI is InChI=1S/C20H16N2O2S/c1-14-7-5-6-10-16(14)22-19(23)18-17(11-12-25-18)21(20(22)24)13-15-8-3-2-4-9-15/h2-12H,13H2,1H3. The van der Waals surface area contributed by atoms with Crippen LogP contribution in [-0.2, 0) is 6.54 Å². The van der Waals surface area contributed by atoms with Crippen LogP contribution in [0.25, 0.3) is 15.9 Å². The summed E-state index contributed by atoms with van der Waals surface area (Å²) in [6.45, 7) is 2.33. The zero-order valence-electron chi connectivity index (χ0n) is 13.7. The molecule has 0 aliphatic heterocycles. The number of nitrogens with zero attached hydrogens (tertiary/aromatic N) is 2. The normalized spacial score (nSPS) is 11.1. The summed E-state index contributed by atoms with van der Waals surface area (Å²) in [6, 6.07) is 19.1. The molecule has 0 spiro atoms. The molecule has 0 bridgehead atoms. The van der Waals surface area contributed by atoms with Crippen molar-refractivity contribution in [2.24, 2.45) is 0 Å². The molecule has 2 aromatic heterocycles. The first-order valence-corrected chi connectivity index (χ1v) is 8.88. The molecule has 0 fully saturated rings. The van der Waals surface area contributed by atoms with Crippen LogP contribution in [0.3, 0.4) is 0 Å². The van der Waals surface area contributed by atoms with Gasteiger partial charge in [0.2, 0.25) is 0 Å². The summed E-state index contributed by atoms with van der Waals surface area (Å²) in [6.07, 6.45) is 0. The van der Waals surface area contributed by atoms with Gasteiger partial charge in [-0.15, -0.1) is 11.3 Å². The van der Waals surface area contributed by atoms with E-state index in [-0.39, 0.29) is 11.2 Å². The molecular formula is C20H16N2O2S. The van der Waals surface area contributed by atoms with Crippen molar-refractivity contribution in [3.05, 3.63) is 98.0 Å². The Bertz CT molecular complexity index is 1170. The summed E-state index contributed by atoms with van der Waals surface area (Å²) >= 11 is 1.37. The summed E-state index contributed by atoms with van der Waals surface area (Å²) in [7, 11) is 0. The summed E-state index contributed by atoms with van der Waals surface area (Å²) in [5, 5.41) is 1.86. The monoisotopic (exact) mass is 348 g/mol. The Kier molecular flexibility index (Phi) is 3.86. The van der Waals surface area contributed by atoms with Crippen LogP contribution < -0.4 is 11.2 Å². The van der Waals surface area contributed by atoms with Crippen LogP contribution in [0, 0.1) is 6.92 Å². The maximum absolute atomic E-state index is 13.2. The average Bonchev–Trinajstić information content (AvgIpc) is 3.11. The second kappa shape index (κ2) is 6.18. The second-order valence-electron chi connectivity index (χ2n) is 5.92. The van der Waals surface area contributed by atoms with Crippen LogP contribution in [-0.4, -0.2) is 9.13 Å². The molecule has 5 heteroatoms. The van der Waals surface area contributed by atoms with Gasteiger partial charge in [0.1, 0.15) is 4.70 Å². The number of fused-ring (bicyclic) bond motifs is 1. The summed E-state index contributed by atoms with van der Waals surface area (Å²) in [5.41, 5.74) is 2.67. The van der Waals surface area contributed by atoms with Crippen LogP contribution in [0.1, 0.15) is 11.1 Å². The molecule has 2 heterocycles. The molecule has 0 aliphatic rings. The number of aromatic nitrogens is 2. The third-order valence-corrected chi connectivity index (χ3v) is 5.19. The SMILES string of the molecule is Cc1ccccc1-n1c(=O)c2sccc2n(Cc2ccccc2)c1=O. The van der Waals surface area contributed by atoms with Gasteiger partial charge in [-0.1, -0.05) is 48.5 Å². The summed E-state index contributed by atoms with van der Waals surface area (Å²) < 4.78 is 3.56. The van der Waals surface area contributed by atoms with E-state index in [0.717, 1.165) is 11.1 Å². The predicted molar refractivity (Wildman–Crippen MR) is 102 cm³/mol. The van der Waals surface area contributed by atoms with Gasteiger partial charge in [0.15, 0.2) is 0 Å². The van der Waals surface area contributed by atoms with E-state index in [9.17, 15) is 9.59 Å². The van der Waals surface area contributed by atoms with Gasteiger partial charge in [0.05, 0.1) is 17.7 Å². The van der Waals surface area contributed by atoms with Crippen LogP contribution in [0.5, 0.6) is 0 Å². The topological polar surface area (TPSA) is 44.0 Å². The van der Waals surface area contributed by atoms with E-state index in [1.807, 2.05) is 73.0 Å². The van der Waals surface area contributed by atoms with Crippen molar-refractivity contribution in [1.29, 1.82) is 0 Å². The Morgan fingerprint density at radius 1 is 0.920 bits per heavy atom. The van der Waals surface area contributed by atoms with Crippen molar-refractivity contribution in [2.75, 3.05) is 0 Å². The van der Waals surface area contributed by atoms with Gasteiger partial charge >= 0.3 is 5.69 Å². The van der Waals surface area contributed by atoms with Gasteiger partial charge in [-0.25, -0.2) is 9.36 Å². The van der Waals surface area contributed by atoms with Gasteiger partial charge in [0, 0.05) is 0 Å². The molecule has 0 atom stereocenters. The molecule has 0 amide bonds. The lowest BCUT2D eigenvalue weighted by molar-refractivity contribution is 0.715. The fourth-order valence-corrected chi connectivity index (χ4v) is 3.86. The fraction of sp³-hybridized carbons (Fsp3) is 0.100. The van der Waals surface area contributed by atoms with Gasteiger partial charge in [-0.2, -0.15) is 0 Å². The Morgan fingerprint density at radius 2 is 1.64 bits per heavy atom. The Morgan fingerprint density at radius 3 is 2.40 bits per heavy atom. The third-order valence-electron chi connectivity index (χ3n) is 4.29. The van der Waals surface area contributed by atoms with Crippen LogP contribution in [0.15, 0.2) is 75.6 Å². The molecule has 2 aromatic carbocycles. The molecule has 25 heavy (non-hydrogen) atoms. The minimum absolute atomic E-state index is 0.256. The average molecular weight is 348 g/mol. The molecule has 4 nitrogen and oxygen atoms in total. The highest BCUT2D eigenvalue weighted by Crippen LogP contribution is 2.18. The van der Waals surface area contributed by atoms with Gasteiger partial charge < -0.3 is 0 Å². The van der Waals surface area contributed by atoms with Crippen molar-refractivity contribution in [2.45, 2.75) is 13.5 Å². The molecular weight excluding hydrogens is 332 g/mol. The maximum Gasteiger partial charge on any atom is 0.336 e. The van der Waals surface area contributed by atoms with E-state index in [1.165, 1.54) is 15.9 Å². The van der Waals surface area contributed by atoms with E-state index >= 15 is 0 Å². The highest BCUT2D eigenvalue weighted by atomic mass is 32.1. The van der Waals surface area contributed by atoms with Crippen molar-refractivity contribution >= 4 is 21.6 Å². The number of aryl methyl sites for hydroxylation is 1. The third kappa shape index (κ3) is 2.62. The number of hydrogen-bond acceptors (Lipinski definition) is 3. The molecule has 4 rings (SSSR count). The van der Waals surface area contributed by atoms with Crippen LogP contribution >= 0.6 is 11.3 Å². The van der Waals surface area contributed by atoms with E-state index in [0.29, 0.717) is 22.4 Å². The van der Waals surface area contributed by atoms with Crippen LogP contribution in [0.4, 0.5) is 0 Å². The highest BCUT2D eigenvalue weighted by molar-refractivity contribution is 7.17. The van der Waals surface area contributed by atoms with Crippen LogP contribution in [0.2, 0.25) is 0 Å². The lowest BCUT2D eigenvalue weighted by Crippen LogP contribution is -2.39. The smallest absolute Gasteiger partial charge is 0.288 e. The molecule has 0 aliphatic carbocycles. The van der Waals surface area contributed by atoms with E-state index in [4.69, 9.17) is 0 Å². The zero-order valence-corrected chi connectivity index (χ0v) is 14.5. The fourth-order valence-electron chi connectivity index (χ4n) is 3.03. The summed E-state index contributed by atoms with van der Waals surface area (Å²) in [5.74, 6) is 0. The summed E-state index contributed by atoms with van der Waals surface area (Å²) in [4.78, 5) is 26.1. The predicted octanol–water partition coefficient (Wildman–Crippen LogP) is 3.57. The number of para-hydroxylation sites is 1. The number of thiophene rings is 1. The van der Waals surface area contributed by atoms with Gasteiger partial charge in [0.25, 0.3) is 5.56 Å². The molecule has 0 N–H and O–H groups in total. The van der Waals surface area contributed by atoms with Crippen molar-refractivity contribution < 1.29 is 0 Å². The quantitative estimate of drug-likeness (QED) is 0.568. The number of benzene rings is 2. The Balaban J connectivity index is 2.04. The lowest BCUT2D eigenvalue weighted by atomic mass is 10.2. The molecule has 124 valence electrons. The molecule has 0 saturated carbocycles. The van der Waals surface area contributed by atoms with E-state index < -0.39 is 0 Å². The largest absolute Gasteiger partial charge is 0.336 e. The zero-order chi connectivity index (χ0) is 17.4. The highest BCUT2D eigenvalue weighted by Gasteiger charge is 2.16. The minimum atomic E-state index is -0.311. The molecule has 0 radical (unpaired) electrons. The van der Waals surface area contributed by atoms with E-state index in [2.05, 4.69) is 0 Å². The minimum Gasteiger partial charge on any atom is -0.288 e.